The zero-order chi connectivity index (χ0) is 15.2. The summed E-state index contributed by atoms with van der Waals surface area (Å²) in [7, 11) is 1.57. The van der Waals surface area contributed by atoms with E-state index in [0.717, 1.165) is 19.3 Å². The van der Waals surface area contributed by atoms with Crippen molar-refractivity contribution < 1.29 is 18.8 Å². The topological polar surface area (TPSA) is 73.6 Å². The molecule has 0 bridgehead atoms. The predicted molar refractivity (Wildman–Crippen MR) is 76.9 cm³/mol. The standard InChI is InChI=1S/C15H24N2O4/c1-10(2)6-12-7-11(4-5-20-12)16-15(18)14-8-13(9-19-3)21-17-14/h8,10-12H,4-7,9H2,1-3H3,(H,16,18). The van der Waals surface area contributed by atoms with Crippen molar-refractivity contribution in [3.8, 4) is 0 Å². The van der Waals surface area contributed by atoms with E-state index in [9.17, 15) is 4.79 Å². The molecule has 2 rings (SSSR count). The average Bonchev–Trinajstić information content (AvgIpc) is 2.87. The highest BCUT2D eigenvalue weighted by Gasteiger charge is 2.25. The second-order valence-corrected chi connectivity index (χ2v) is 5.93. The Bertz CT molecular complexity index is 458. The monoisotopic (exact) mass is 296 g/mol. The van der Waals surface area contributed by atoms with Crippen LogP contribution in [0, 0.1) is 5.92 Å². The number of carbonyl (C=O) groups excluding carboxylic acids is 1. The first-order chi connectivity index (χ1) is 10.1. The molecule has 2 atom stereocenters. The van der Waals surface area contributed by atoms with Gasteiger partial charge < -0.3 is 19.3 Å². The summed E-state index contributed by atoms with van der Waals surface area (Å²) in [6.07, 6.45) is 2.94. The fourth-order valence-corrected chi connectivity index (χ4v) is 2.59. The Morgan fingerprint density at radius 2 is 2.38 bits per heavy atom. The number of nitrogens with one attached hydrogen (secondary N) is 1. The van der Waals surface area contributed by atoms with Crippen molar-refractivity contribution in [1.29, 1.82) is 0 Å². The van der Waals surface area contributed by atoms with Gasteiger partial charge in [0.05, 0.1) is 6.10 Å². The summed E-state index contributed by atoms with van der Waals surface area (Å²) in [5, 5.41) is 6.78. The van der Waals surface area contributed by atoms with E-state index in [1.165, 1.54) is 0 Å². The van der Waals surface area contributed by atoms with Crippen LogP contribution in [0.25, 0.3) is 0 Å². The molecule has 1 aliphatic rings. The van der Waals surface area contributed by atoms with Gasteiger partial charge in [-0.1, -0.05) is 19.0 Å². The van der Waals surface area contributed by atoms with Crippen LogP contribution in [0.1, 0.15) is 49.4 Å². The van der Waals surface area contributed by atoms with E-state index in [2.05, 4.69) is 24.3 Å². The van der Waals surface area contributed by atoms with Crippen LogP contribution in [0.2, 0.25) is 0 Å². The summed E-state index contributed by atoms with van der Waals surface area (Å²) in [6, 6.07) is 1.75. The van der Waals surface area contributed by atoms with Crippen LogP contribution in [0.3, 0.4) is 0 Å². The van der Waals surface area contributed by atoms with Crippen LogP contribution in [-0.4, -0.2) is 36.9 Å². The van der Waals surface area contributed by atoms with Crippen LogP contribution < -0.4 is 5.32 Å². The Balaban J connectivity index is 1.86. The molecule has 118 valence electrons. The lowest BCUT2D eigenvalue weighted by Crippen LogP contribution is -2.42. The zero-order valence-corrected chi connectivity index (χ0v) is 12.9. The molecule has 6 heteroatoms. The minimum atomic E-state index is -0.198. The molecule has 1 N–H and O–H groups in total. The molecule has 6 nitrogen and oxygen atoms in total. The molecule has 1 amide bonds. The Morgan fingerprint density at radius 1 is 1.57 bits per heavy atom. The summed E-state index contributed by atoms with van der Waals surface area (Å²) in [6.45, 7) is 5.36. The Kier molecular flexibility index (Phi) is 5.76. The van der Waals surface area contributed by atoms with Crippen molar-refractivity contribution in [3.63, 3.8) is 0 Å². The Hall–Kier alpha value is -1.40. The molecule has 2 heterocycles. The molecular weight excluding hydrogens is 272 g/mol. The molecule has 0 spiro atoms. The highest BCUT2D eigenvalue weighted by molar-refractivity contribution is 5.92. The molecule has 1 aromatic heterocycles. The summed E-state index contributed by atoms with van der Waals surface area (Å²) in [4.78, 5) is 12.1. The smallest absolute Gasteiger partial charge is 0.273 e. The number of amides is 1. The molecule has 0 aliphatic carbocycles. The molecule has 0 aromatic carbocycles. The fraction of sp³-hybridized carbons (Fsp3) is 0.733. The maximum atomic E-state index is 12.1. The van der Waals surface area contributed by atoms with Gasteiger partial charge in [0.2, 0.25) is 0 Å². The third kappa shape index (κ3) is 4.82. The maximum absolute atomic E-state index is 12.1. The van der Waals surface area contributed by atoms with Gasteiger partial charge >= 0.3 is 0 Å². The lowest BCUT2D eigenvalue weighted by atomic mass is 9.96. The third-order valence-electron chi connectivity index (χ3n) is 3.51. The summed E-state index contributed by atoms with van der Waals surface area (Å²) >= 11 is 0. The molecule has 21 heavy (non-hydrogen) atoms. The average molecular weight is 296 g/mol. The van der Waals surface area contributed by atoms with Crippen molar-refractivity contribution in [1.82, 2.24) is 10.5 Å². The van der Waals surface area contributed by atoms with E-state index in [0.29, 0.717) is 30.6 Å². The van der Waals surface area contributed by atoms with Gasteiger partial charge in [0, 0.05) is 25.8 Å². The van der Waals surface area contributed by atoms with Gasteiger partial charge in [-0.25, -0.2) is 0 Å². The number of methoxy groups -OCH3 is 1. The van der Waals surface area contributed by atoms with E-state index in [1.807, 2.05) is 0 Å². The molecule has 0 saturated carbocycles. The second kappa shape index (κ2) is 7.56. The van der Waals surface area contributed by atoms with Crippen LogP contribution in [0.5, 0.6) is 0 Å². The highest BCUT2D eigenvalue weighted by atomic mass is 16.5. The van der Waals surface area contributed by atoms with Gasteiger partial charge in [0.25, 0.3) is 5.91 Å². The number of hydrogen-bond donors (Lipinski definition) is 1. The molecule has 1 fully saturated rings. The predicted octanol–water partition coefficient (Wildman–Crippen LogP) is 2.14. The maximum Gasteiger partial charge on any atom is 0.273 e. The molecule has 0 radical (unpaired) electrons. The third-order valence-corrected chi connectivity index (χ3v) is 3.51. The van der Waals surface area contributed by atoms with Crippen LogP contribution >= 0.6 is 0 Å². The first-order valence-electron chi connectivity index (χ1n) is 7.45. The fourth-order valence-electron chi connectivity index (χ4n) is 2.59. The van der Waals surface area contributed by atoms with Gasteiger partial charge in [-0.15, -0.1) is 0 Å². The van der Waals surface area contributed by atoms with Gasteiger partial charge in [0.1, 0.15) is 6.61 Å². The minimum absolute atomic E-state index is 0.137. The van der Waals surface area contributed by atoms with E-state index in [4.69, 9.17) is 14.0 Å². The van der Waals surface area contributed by atoms with Crippen molar-refractivity contribution in [2.45, 2.75) is 51.9 Å². The summed E-state index contributed by atoms with van der Waals surface area (Å²) < 4.78 is 15.7. The normalized spacial score (nSPS) is 22.5. The SMILES string of the molecule is COCc1cc(C(=O)NC2CCOC(CC(C)C)C2)no1. The quantitative estimate of drug-likeness (QED) is 0.870. The molecule has 1 aromatic rings. The van der Waals surface area contributed by atoms with Gasteiger partial charge in [0.15, 0.2) is 11.5 Å². The second-order valence-electron chi connectivity index (χ2n) is 5.93. The number of nitrogens with zero attached hydrogens (tertiary/aromatic N) is 1. The van der Waals surface area contributed by atoms with E-state index < -0.39 is 0 Å². The first-order valence-corrected chi connectivity index (χ1v) is 7.45. The Labute approximate surface area is 125 Å². The lowest BCUT2D eigenvalue weighted by Gasteiger charge is -2.30. The highest BCUT2D eigenvalue weighted by Crippen LogP contribution is 2.20. The van der Waals surface area contributed by atoms with Crippen LogP contribution in [-0.2, 0) is 16.1 Å². The number of hydrogen-bond acceptors (Lipinski definition) is 5. The number of rotatable bonds is 6. The lowest BCUT2D eigenvalue weighted by molar-refractivity contribution is -0.00851. The minimum Gasteiger partial charge on any atom is -0.378 e. The van der Waals surface area contributed by atoms with Crippen LogP contribution in [0.15, 0.2) is 10.6 Å². The Morgan fingerprint density at radius 3 is 3.10 bits per heavy atom. The number of carbonyl (C=O) groups is 1. The molecule has 1 saturated heterocycles. The molecule has 2 unspecified atom stereocenters. The van der Waals surface area contributed by atoms with Crippen LogP contribution in [0.4, 0.5) is 0 Å². The molecule has 1 aliphatic heterocycles. The van der Waals surface area contributed by atoms with Crippen molar-refractivity contribution in [2.75, 3.05) is 13.7 Å². The first kappa shape index (κ1) is 16.0. The van der Waals surface area contributed by atoms with Crippen molar-refractivity contribution >= 4 is 5.91 Å². The largest absolute Gasteiger partial charge is 0.378 e. The van der Waals surface area contributed by atoms with Gasteiger partial charge in [-0.2, -0.15) is 0 Å². The number of aromatic nitrogens is 1. The summed E-state index contributed by atoms with van der Waals surface area (Å²) in [5.41, 5.74) is 0.300. The molecular formula is C15H24N2O4. The van der Waals surface area contributed by atoms with Gasteiger partial charge in [-0.05, 0) is 25.2 Å². The van der Waals surface area contributed by atoms with Crippen molar-refractivity contribution in [3.05, 3.63) is 17.5 Å². The van der Waals surface area contributed by atoms with Crippen molar-refractivity contribution in [2.24, 2.45) is 5.92 Å². The van der Waals surface area contributed by atoms with E-state index in [1.54, 1.807) is 13.2 Å². The van der Waals surface area contributed by atoms with E-state index >= 15 is 0 Å². The van der Waals surface area contributed by atoms with E-state index in [-0.39, 0.29) is 18.1 Å². The summed E-state index contributed by atoms with van der Waals surface area (Å²) in [5.74, 6) is 0.945. The number of ether oxygens (including phenoxy) is 2. The zero-order valence-electron chi connectivity index (χ0n) is 12.9. The van der Waals surface area contributed by atoms with Gasteiger partial charge in [-0.3, -0.25) is 4.79 Å².